The number of para-hydroxylation sites is 2. The zero-order chi connectivity index (χ0) is 21.3. The van der Waals surface area contributed by atoms with E-state index in [1.165, 1.54) is 12.1 Å². The number of aromatic amines is 1. The Morgan fingerprint density at radius 2 is 1.60 bits per heavy atom. The topological polar surface area (TPSA) is 109 Å². The number of nitrogens with zero attached hydrogens (tertiary/aromatic N) is 1. The predicted molar refractivity (Wildman–Crippen MR) is 110 cm³/mol. The molecule has 9 heteroatoms. The molecule has 3 aromatic carbocycles. The summed E-state index contributed by atoms with van der Waals surface area (Å²) in [5.41, 5.74) is 1.23. The van der Waals surface area contributed by atoms with Crippen molar-refractivity contribution >= 4 is 32.7 Å². The molecule has 0 saturated carbocycles. The summed E-state index contributed by atoms with van der Waals surface area (Å²) in [6, 6.07) is 18.1. The largest absolute Gasteiger partial charge is 0.332 e. The molecule has 0 spiro atoms. The number of halogens is 1. The van der Waals surface area contributed by atoms with Crippen LogP contribution in [0.25, 0.3) is 22.3 Å². The number of carbonyl (C=O) groups is 1. The second-order valence-electron chi connectivity index (χ2n) is 6.39. The van der Waals surface area contributed by atoms with Gasteiger partial charge >= 0.3 is 10.2 Å². The van der Waals surface area contributed by atoms with Crippen molar-refractivity contribution in [3.8, 4) is 11.4 Å². The van der Waals surface area contributed by atoms with Crippen LogP contribution in [0, 0.1) is 0 Å². The Kier molecular flexibility index (Phi) is 4.88. The second-order valence-corrected chi connectivity index (χ2v) is 7.74. The fourth-order valence-electron chi connectivity index (χ4n) is 2.98. The molecule has 150 valence electrons. The van der Waals surface area contributed by atoms with Crippen LogP contribution >= 0.6 is 0 Å². The van der Waals surface area contributed by atoms with E-state index in [0.717, 1.165) is 12.1 Å². The summed E-state index contributed by atoms with van der Waals surface area (Å²) in [6.07, 6.45) is 0. The van der Waals surface area contributed by atoms with Crippen LogP contribution in [0.5, 0.6) is 0 Å². The Hall–Kier alpha value is -3.85. The van der Waals surface area contributed by atoms with Gasteiger partial charge in [0.1, 0.15) is 5.82 Å². The number of rotatable bonds is 4. The molecule has 1 heterocycles. The van der Waals surface area contributed by atoms with Crippen molar-refractivity contribution in [1.29, 1.82) is 0 Å². The number of carbonyl (C=O) groups excluding carboxylic acids is 1. The van der Waals surface area contributed by atoms with Gasteiger partial charge in [-0.25, -0.2) is 4.98 Å². The lowest BCUT2D eigenvalue weighted by atomic mass is 10.1. The number of benzene rings is 3. The Morgan fingerprint density at radius 1 is 0.933 bits per heavy atom. The molecule has 0 saturated heterocycles. The van der Waals surface area contributed by atoms with Crippen molar-refractivity contribution in [2.24, 2.45) is 0 Å². The molecule has 0 aliphatic carbocycles. The van der Waals surface area contributed by atoms with E-state index in [4.69, 9.17) is 0 Å². The molecule has 4 rings (SSSR count). The molecule has 0 fully saturated rings. The summed E-state index contributed by atoms with van der Waals surface area (Å²) >= 11 is 0. The number of hydrogen-bond acceptors (Lipinski definition) is 5. The van der Waals surface area contributed by atoms with E-state index in [1.54, 1.807) is 48.5 Å². The first-order chi connectivity index (χ1) is 14.3. The summed E-state index contributed by atoms with van der Waals surface area (Å²) in [6.45, 7) is 0. The van der Waals surface area contributed by atoms with E-state index in [2.05, 4.69) is 15.3 Å². The van der Waals surface area contributed by atoms with Crippen LogP contribution in [0.1, 0.15) is 10.4 Å². The standard InChI is InChI=1S/C21H14FN3O4S/c22-30(28,29)14-11-9-13(10-12-14)20(26)24-17-7-3-1-5-15(17)19-23-18-8-4-2-6-16(18)21(27)25-19/h1-12H,(H,24,26)(H,23,25,27). The van der Waals surface area contributed by atoms with Gasteiger partial charge in [-0.05, 0) is 48.5 Å². The highest BCUT2D eigenvalue weighted by atomic mass is 32.3. The van der Waals surface area contributed by atoms with Crippen LogP contribution in [0.15, 0.2) is 82.5 Å². The molecule has 0 aliphatic rings. The highest BCUT2D eigenvalue weighted by Crippen LogP contribution is 2.26. The van der Waals surface area contributed by atoms with E-state index in [1.807, 2.05) is 0 Å². The zero-order valence-electron chi connectivity index (χ0n) is 15.3. The minimum Gasteiger partial charge on any atom is -0.321 e. The fraction of sp³-hybridized carbons (Fsp3) is 0. The maximum Gasteiger partial charge on any atom is 0.332 e. The van der Waals surface area contributed by atoms with E-state index in [-0.39, 0.29) is 16.9 Å². The average molecular weight is 423 g/mol. The number of aromatic nitrogens is 2. The summed E-state index contributed by atoms with van der Waals surface area (Å²) in [4.78, 5) is 31.6. The monoisotopic (exact) mass is 423 g/mol. The van der Waals surface area contributed by atoms with Crippen molar-refractivity contribution in [2.75, 3.05) is 5.32 Å². The Morgan fingerprint density at radius 3 is 2.33 bits per heavy atom. The number of hydrogen-bond donors (Lipinski definition) is 2. The molecule has 0 atom stereocenters. The third-order valence-corrected chi connectivity index (χ3v) is 5.28. The maximum absolute atomic E-state index is 13.0. The van der Waals surface area contributed by atoms with Gasteiger partial charge in [0.15, 0.2) is 0 Å². The smallest absolute Gasteiger partial charge is 0.321 e. The van der Waals surface area contributed by atoms with Crippen LogP contribution in [0.3, 0.4) is 0 Å². The first-order valence-electron chi connectivity index (χ1n) is 8.77. The Labute approximate surface area is 170 Å². The van der Waals surface area contributed by atoms with Crippen molar-refractivity contribution in [3.63, 3.8) is 0 Å². The third-order valence-electron chi connectivity index (χ3n) is 4.44. The molecule has 2 N–H and O–H groups in total. The molecule has 1 aromatic heterocycles. The molecule has 4 aromatic rings. The minimum absolute atomic E-state index is 0.136. The fourth-order valence-corrected chi connectivity index (χ4v) is 3.44. The summed E-state index contributed by atoms with van der Waals surface area (Å²) in [5.74, 6) is -0.248. The Balaban J connectivity index is 1.69. The van der Waals surface area contributed by atoms with Gasteiger partial charge in [0.2, 0.25) is 0 Å². The van der Waals surface area contributed by atoms with Gasteiger partial charge in [-0.15, -0.1) is 3.89 Å². The molecule has 1 amide bonds. The third kappa shape index (κ3) is 3.83. The van der Waals surface area contributed by atoms with Crippen LogP contribution in [-0.4, -0.2) is 24.3 Å². The summed E-state index contributed by atoms with van der Waals surface area (Å²) < 4.78 is 34.9. The lowest BCUT2D eigenvalue weighted by Gasteiger charge is -2.11. The molecule has 0 aliphatic heterocycles. The molecular weight excluding hydrogens is 409 g/mol. The number of nitrogens with one attached hydrogen (secondary N) is 2. The van der Waals surface area contributed by atoms with Gasteiger partial charge in [-0.3, -0.25) is 9.59 Å². The molecule has 0 unspecified atom stereocenters. The summed E-state index contributed by atoms with van der Waals surface area (Å²) in [7, 11) is -4.84. The van der Waals surface area contributed by atoms with Gasteiger partial charge in [-0.2, -0.15) is 8.42 Å². The van der Waals surface area contributed by atoms with Gasteiger partial charge in [-0.1, -0.05) is 24.3 Å². The lowest BCUT2D eigenvalue weighted by Crippen LogP contribution is -2.14. The van der Waals surface area contributed by atoms with Crippen LogP contribution in [0.2, 0.25) is 0 Å². The van der Waals surface area contributed by atoms with Crippen LogP contribution < -0.4 is 10.9 Å². The van der Waals surface area contributed by atoms with E-state index in [0.29, 0.717) is 22.2 Å². The first kappa shape index (κ1) is 19.5. The molecular formula is C21H14FN3O4S. The van der Waals surface area contributed by atoms with Gasteiger partial charge in [0, 0.05) is 11.1 Å². The van der Waals surface area contributed by atoms with Gasteiger partial charge in [0.25, 0.3) is 11.5 Å². The number of anilines is 1. The van der Waals surface area contributed by atoms with E-state index in [9.17, 15) is 21.9 Å². The SMILES string of the molecule is O=C(Nc1ccccc1-c1nc2ccccc2c(=O)[nH]1)c1ccc(S(=O)(=O)F)cc1. The van der Waals surface area contributed by atoms with Crippen molar-refractivity contribution in [3.05, 3.63) is 88.7 Å². The number of amides is 1. The molecule has 7 nitrogen and oxygen atoms in total. The Bertz CT molecular complexity index is 1430. The van der Waals surface area contributed by atoms with E-state index < -0.39 is 21.0 Å². The van der Waals surface area contributed by atoms with Gasteiger partial charge < -0.3 is 10.3 Å². The molecule has 0 radical (unpaired) electrons. The van der Waals surface area contributed by atoms with Crippen molar-refractivity contribution < 1.29 is 17.1 Å². The zero-order valence-corrected chi connectivity index (χ0v) is 16.1. The van der Waals surface area contributed by atoms with Crippen LogP contribution in [-0.2, 0) is 10.2 Å². The molecule has 0 bridgehead atoms. The first-order valence-corrected chi connectivity index (χ1v) is 10.2. The summed E-state index contributed by atoms with van der Waals surface area (Å²) in [5, 5.41) is 3.16. The highest BCUT2D eigenvalue weighted by molar-refractivity contribution is 7.86. The van der Waals surface area contributed by atoms with E-state index >= 15 is 0 Å². The number of fused-ring (bicyclic) bond motifs is 1. The number of H-pyrrole nitrogens is 1. The normalized spacial score (nSPS) is 11.4. The lowest BCUT2D eigenvalue weighted by molar-refractivity contribution is 0.102. The van der Waals surface area contributed by atoms with Gasteiger partial charge in [0.05, 0.1) is 21.5 Å². The predicted octanol–water partition coefficient (Wildman–Crippen LogP) is 3.50. The van der Waals surface area contributed by atoms with Crippen molar-refractivity contribution in [2.45, 2.75) is 4.90 Å². The quantitative estimate of drug-likeness (QED) is 0.488. The maximum atomic E-state index is 13.0. The molecule has 30 heavy (non-hydrogen) atoms. The second kappa shape index (κ2) is 7.53. The van der Waals surface area contributed by atoms with Crippen molar-refractivity contribution in [1.82, 2.24) is 9.97 Å². The highest BCUT2D eigenvalue weighted by Gasteiger charge is 2.15. The average Bonchev–Trinajstić information content (AvgIpc) is 2.73. The minimum atomic E-state index is -4.84. The van der Waals surface area contributed by atoms with Crippen LogP contribution in [0.4, 0.5) is 9.57 Å².